The van der Waals surface area contributed by atoms with E-state index in [9.17, 15) is 4.39 Å². The fourth-order valence-electron chi connectivity index (χ4n) is 3.54. The zero-order valence-corrected chi connectivity index (χ0v) is 16.1. The molecule has 142 valence electrons. The van der Waals surface area contributed by atoms with Crippen molar-refractivity contribution in [2.24, 2.45) is 0 Å². The van der Waals surface area contributed by atoms with Crippen molar-refractivity contribution in [3.8, 4) is 0 Å². The van der Waals surface area contributed by atoms with Crippen LogP contribution in [0.5, 0.6) is 0 Å². The summed E-state index contributed by atoms with van der Waals surface area (Å²) in [6.07, 6.45) is 0. The van der Waals surface area contributed by atoms with Crippen LogP contribution in [0.2, 0.25) is 0 Å². The summed E-state index contributed by atoms with van der Waals surface area (Å²) in [6, 6.07) is 10.8. The quantitative estimate of drug-likeness (QED) is 0.652. The monoisotopic (exact) mass is 386 g/mol. The molecule has 1 aliphatic rings. The maximum absolute atomic E-state index is 13.2. The molecule has 3 aromatic rings. The van der Waals surface area contributed by atoms with Crippen LogP contribution >= 0.6 is 11.3 Å². The first-order valence-electron chi connectivity index (χ1n) is 9.25. The molecule has 1 aliphatic heterocycles. The van der Waals surface area contributed by atoms with Crippen LogP contribution in [0.3, 0.4) is 0 Å². The van der Waals surface area contributed by atoms with Gasteiger partial charge in [0.15, 0.2) is 5.82 Å². The normalized spacial score (nSPS) is 17.3. The minimum Gasteiger partial charge on any atom is -0.301 e. The van der Waals surface area contributed by atoms with Gasteiger partial charge < -0.3 is 4.90 Å². The number of benzene rings is 1. The van der Waals surface area contributed by atoms with Crippen LogP contribution in [0, 0.1) is 5.82 Å². The van der Waals surface area contributed by atoms with Gasteiger partial charge in [-0.1, -0.05) is 25.1 Å². The molecule has 1 saturated heterocycles. The number of hydrogen-bond donors (Lipinski definition) is 0. The van der Waals surface area contributed by atoms with Gasteiger partial charge in [0, 0.05) is 31.1 Å². The van der Waals surface area contributed by atoms with Gasteiger partial charge in [-0.25, -0.2) is 9.07 Å². The van der Waals surface area contributed by atoms with Gasteiger partial charge in [0.1, 0.15) is 11.9 Å². The van der Waals surface area contributed by atoms with E-state index in [1.807, 2.05) is 4.68 Å². The number of hydrogen-bond acceptors (Lipinski definition) is 6. The van der Waals surface area contributed by atoms with Gasteiger partial charge in [0.05, 0.1) is 6.54 Å². The lowest BCUT2D eigenvalue weighted by Gasteiger charge is -2.38. The number of nitrogens with zero attached hydrogens (tertiary/aromatic N) is 6. The lowest BCUT2D eigenvalue weighted by molar-refractivity contribution is 0.110. The molecular weight excluding hydrogens is 363 g/mol. The highest BCUT2D eigenvalue weighted by Crippen LogP contribution is 2.31. The Labute approximate surface area is 162 Å². The van der Waals surface area contributed by atoms with Crippen LogP contribution in [-0.2, 0) is 6.54 Å². The van der Waals surface area contributed by atoms with Crippen molar-refractivity contribution >= 4 is 11.3 Å². The Bertz CT molecular complexity index is 839. The van der Waals surface area contributed by atoms with Crippen molar-refractivity contribution in [2.45, 2.75) is 19.5 Å². The van der Waals surface area contributed by atoms with Crippen LogP contribution in [0.15, 0.2) is 41.8 Å². The Morgan fingerprint density at radius 3 is 2.56 bits per heavy atom. The van der Waals surface area contributed by atoms with Crippen LogP contribution in [-0.4, -0.2) is 62.7 Å². The standard InChI is InChI=1S/C19H23FN6S/c1-2-24-9-11-25(12-10-24)18(17-4-3-13-27-17)19-21-22-23-26(19)14-15-5-7-16(20)8-6-15/h3-8,13,18H,2,9-12,14H2,1H3/t18-/m1/s1. The Morgan fingerprint density at radius 2 is 1.89 bits per heavy atom. The predicted octanol–water partition coefficient (Wildman–Crippen LogP) is 2.65. The summed E-state index contributed by atoms with van der Waals surface area (Å²) in [4.78, 5) is 6.17. The highest BCUT2D eigenvalue weighted by molar-refractivity contribution is 7.10. The Hall–Kier alpha value is -2.16. The van der Waals surface area contributed by atoms with Crippen LogP contribution < -0.4 is 0 Å². The molecule has 8 heteroatoms. The third-order valence-corrected chi connectivity index (χ3v) is 6.01. The minimum atomic E-state index is -0.235. The van der Waals surface area contributed by atoms with Gasteiger partial charge in [0.25, 0.3) is 0 Å². The van der Waals surface area contributed by atoms with E-state index in [2.05, 4.69) is 49.8 Å². The number of tetrazole rings is 1. The lowest BCUT2D eigenvalue weighted by atomic mass is 10.1. The second-order valence-electron chi connectivity index (χ2n) is 6.71. The van der Waals surface area contributed by atoms with Crippen molar-refractivity contribution in [1.29, 1.82) is 0 Å². The first-order valence-corrected chi connectivity index (χ1v) is 10.1. The lowest BCUT2D eigenvalue weighted by Crippen LogP contribution is -2.48. The van der Waals surface area contributed by atoms with E-state index < -0.39 is 0 Å². The van der Waals surface area contributed by atoms with Crippen molar-refractivity contribution in [3.63, 3.8) is 0 Å². The average molecular weight is 387 g/mol. The van der Waals surface area contributed by atoms with Crippen molar-refractivity contribution in [3.05, 3.63) is 63.9 Å². The van der Waals surface area contributed by atoms with E-state index >= 15 is 0 Å². The van der Waals surface area contributed by atoms with Crippen molar-refractivity contribution < 1.29 is 4.39 Å². The van der Waals surface area contributed by atoms with Gasteiger partial charge in [-0.2, -0.15) is 0 Å². The number of rotatable bonds is 6. The molecule has 0 amide bonds. The van der Waals surface area contributed by atoms with E-state index in [4.69, 9.17) is 0 Å². The summed E-state index contributed by atoms with van der Waals surface area (Å²) in [5.41, 5.74) is 0.977. The summed E-state index contributed by atoms with van der Waals surface area (Å²) in [6.45, 7) is 7.89. The Balaban J connectivity index is 1.61. The molecule has 1 aromatic carbocycles. The second kappa shape index (κ2) is 8.24. The van der Waals surface area contributed by atoms with Gasteiger partial charge in [-0.15, -0.1) is 16.4 Å². The maximum Gasteiger partial charge on any atom is 0.174 e. The van der Waals surface area contributed by atoms with Crippen molar-refractivity contribution in [1.82, 2.24) is 30.0 Å². The molecule has 27 heavy (non-hydrogen) atoms. The highest BCUT2D eigenvalue weighted by Gasteiger charge is 2.30. The largest absolute Gasteiger partial charge is 0.301 e. The fraction of sp³-hybridized carbons (Fsp3) is 0.421. The third-order valence-electron chi connectivity index (χ3n) is 5.08. The van der Waals surface area contributed by atoms with E-state index in [0.29, 0.717) is 6.54 Å². The molecule has 6 nitrogen and oxygen atoms in total. The number of halogens is 1. The number of likely N-dealkylation sites (N-methyl/N-ethyl adjacent to an activating group) is 1. The Morgan fingerprint density at radius 1 is 1.11 bits per heavy atom. The first kappa shape index (κ1) is 18.2. The molecule has 2 aromatic heterocycles. The number of aromatic nitrogens is 4. The van der Waals surface area contributed by atoms with Crippen LogP contribution in [0.1, 0.15) is 29.2 Å². The van der Waals surface area contributed by atoms with Gasteiger partial charge in [-0.3, -0.25) is 4.90 Å². The molecule has 1 fully saturated rings. The molecule has 0 saturated carbocycles. The zero-order chi connectivity index (χ0) is 18.6. The molecule has 1 atom stereocenters. The summed E-state index contributed by atoms with van der Waals surface area (Å²) in [5.74, 6) is 0.604. The molecular formula is C19H23FN6S. The van der Waals surface area contributed by atoms with E-state index in [-0.39, 0.29) is 11.9 Å². The van der Waals surface area contributed by atoms with Crippen LogP contribution in [0.25, 0.3) is 0 Å². The van der Waals surface area contributed by atoms with Crippen molar-refractivity contribution in [2.75, 3.05) is 32.7 Å². The number of piperazine rings is 1. The summed E-state index contributed by atoms with van der Waals surface area (Å²) in [7, 11) is 0. The molecule has 0 spiro atoms. The molecule has 0 bridgehead atoms. The SMILES string of the molecule is CCN1CCN([C@H](c2cccs2)c2nnnn2Cc2ccc(F)cc2)CC1. The van der Waals surface area contributed by atoms with Gasteiger partial charge >= 0.3 is 0 Å². The van der Waals surface area contributed by atoms with Gasteiger partial charge in [0.2, 0.25) is 0 Å². The van der Waals surface area contributed by atoms with Gasteiger partial charge in [-0.05, 0) is 46.1 Å². The van der Waals surface area contributed by atoms with E-state index in [0.717, 1.165) is 44.1 Å². The maximum atomic E-state index is 13.2. The topological polar surface area (TPSA) is 50.1 Å². The molecule has 0 aliphatic carbocycles. The predicted molar refractivity (Wildman–Crippen MR) is 103 cm³/mol. The fourth-order valence-corrected chi connectivity index (χ4v) is 4.39. The summed E-state index contributed by atoms with van der Waals surface area (Å²) < 4.78 is 15.0. The Kier molecular flexibility index (Phi) is 5.56. The molecule has 0 unspecified atom stereocenters. The first-order chi connectivity index (χ1) is 13.2. The zero-order valence-electron chi connectivity index (χ0n) is 15.3. The third kappa shape index (κ3) is 4.07. The van der Waals surface area contributed by atoms with E-state index in [1.165, 1.54) is 17.0 Å². The summed E-state index contributed by atoms with van der Waals surface area (Å²) >= 11 is 1.73. The molecule has 3 heterocycles. The highest BCUT2D eigenvalue weighted by atomic mass is 32.1. The average Bonchev–Trinajstić information content (AvgIpc) is 3.38. The summed E-state index contributed by atoms with van der Waals surface area (Å²) in [5, 5.41) is 14.6. The second-order valence-corrected chi connectivity index (χ2v) is 7.69. The molecule has 0 N–H and O–H groups in total. The van der Waals surface area contributed by atoms with E-state index in [1.54, 1.807) is 23.5 Å². The smallest absolute Gasteiger partial charge is 0.174 e. The molecule has 0 radical (unpaired) electrons. The minimum absolute atomic E-state index is 0.0412. The molecule has 4 rings (SSSR count). The van der Waals surface area contributed by atoms with Crippen LogP contribution in [0.4, 0.5) is 4.39 Å². The number of thiophene rings is 1.